The van der Waals surface area contributed by atoms with Gasteiger partial charge in [0.1, 0.15) is 5.75 Å². The molecule has 2 rings (SSSR count). The first kappa shape index (κ1) is 13.4. The van der Waals surface area contributed by atoms with E-state index in [-0.39, 0.29) is 11.7 Å². The average Bonchev–Trinajstić information content (AvgIpc) is 2.41. The molecule has 0 unspecified atom stereocenters. The molecule has 0 aliphatic rings. The van der Waals surface area contributed by atoms with Gasteiger partial charge in [-0.15, -0.1) is 0 Å². The zero-order valence-corrected chi connectivity index (χ0v) is 11.0. The lowest BCUT2D eigenvalue weighted by Gasteiger charge is -2.06. The van der Waals surface area contributed by atoms with Crippen molar-refractivity contribution in [3.8, 4) is 5.75 Å². The Morgan fingerprint density at radius 1 is 1.11 bits per heavy atom. The van der Waals surface area contributed by atoms with E-state index in [1.165, 1.54) is 0 Å². The fraction of sp³-hybridized carbons (Fsp3) is 0.133. The van der Waals surface area contributed by atoms with Crippen molar-refractivity contribution in [1.29, 1.82) is 0 Å². The number of para-hydroxylation sites is 1. The van der Waals surface area contributed by atoms with Crippen LogP contribution in [0.4, 0.5) is 0 Å². The van der Waals surface area contributed by atoms with E-state index in [1.54, 1.807) is 36.4 Å². The summed E-state index contributed by atoms with van der Waals surface area (Å²) < 4.78 is 0. The number of carbonyl (C=O) groups excluding carboxylic acids is 1. The molecule has 0 fully saturated rings. The van der Waals surface area contributed by atoms with Crippen LogP contribution in [0.25, 0.3) is 0 Å². The number of phenolic OH excluding ortho intramolecular Hbond substituents is 1. The first-order chi connectivity index (χ1) is 9.16. The van der Waals surface area contributed by atoms with Crippen molar-refractivity contribution in [3.63, 3.8) is 0 Å². The molecule has 4 heteroatoms. The Bertz CT molecular complexity index is 567. The maximum atomic E-state index is 11.8. The lowest BCUT2D eigenvalue weighted by atomic mass is 10.1. The van der Waals surface area contributed by atoms with Crippen molar-refractivity contribution in [2.75, 3.05) is 6.54 Å². The van der Waals surface area contributed by atoms with Crippen molar-refractivity contribution in [2.45, 2.75) is 6.42 Å². The summed E-state index contributed by atoms with van der Waals surface area (Å²) in [6, 6.07) is 13.8. The van der Waals surface area contributed by atoms with Crippen molar-refractivity contribution in [3.05, 3.63) is 64.7 Å². The molecule has 0 saturated heterocycles. The number of amides is 1. The minimum absolute atomic E-state index is 0.146. The molecule has 2 aromatic carbocycles. The number of aromatic hydroxyl groups is 1. The highest BCUT2D eigenvalue weighted by atomic mass is 35.5. The molecule has 98 valence electrons. The van der Waals surface area contributed by atoms with Crippen LogP contribution in [0.2, 0.25) is 5.02 Å². The second-order valence-electron chi connectivity index (χ2n) is 4.14. The first-order valence-corrected chi connectivity index (χ1v) is 6.35. The van der Waals surface area contributed by atoms with Gasteiger partial charge in [0, 0.05) is 17.1 Å². The van der Waals surface area contributed by atoms with Gasteiger partial charge < -0.3 is 10.4 Å². The predicted molar refractivity (Wildman–Crippen MR) is 75.6 cm³/mol. The molecule has 0 radical (unpaired) electrons. The van der Waals surface area contributed by atoms with Crippen LogP contribution in [0.15, 0.2) is 48.5 Å². The topological polar surface area (TPSA) is 49.3 Å². The number of carbonyl (C=O) groups is 1. The van der Waals surface area contributed by atoms with Crippen LogP contribution in [-0.2, 0) is 6.42 Å². The van der Waals surface area contributed by atoms with Crippen molar-refractivity contribution in [2.24, 2.45) is 0 Å². The standard InChI is InChI=1S/C15H14ClNO2/c16-13-7-5-12(6-8-13)15(19)17-10-9-11-3-1-2-4-14(11)18/h1-8,18H,9-10H2,(H,17,19). The van der Waals surface area contributed by atoms with Gasteiger partial charge in [0.05, 0.1) is 0 Å². The van der Waals surface area contributed by atoms with Gasteiger partial charge in [-0.2, -0.15) is 0 Å². The van der Waals surface area contributed by atoms with Crippen LogP contribution in [-0.4, -0.2) is 17.6 Å². The number of hydrogen-bond acceptors (Lipinski definition) is 2. The third kappa shape index (κ3) is 3.73. The Morgan fingerprint density at radius 2 is 1.79 bits per heavy atom. The van der Waals surface area contributed by atoms with Crippen LogP contribution in [0.1, 0.15) is 15.9 Å². The van der Waals surface area contributed by atoms with Gasteiger partial charge in [-0.25, -0.2) is 0 Å². The highest BCUT2D eigenvalue weighted by molar-refractivity contribution is 6.30. The number of halogens is 1. The maximum Gasteiger partial charge on any atom is 0.251 e. The number of phenols is 1. The van der Waals surface area contributed by atoms with Crippen LogP contribution < -0.4 is 5.32 Å². The molecular weight excluding hydrogens is 262 g/mol. The molecule has 2 aromatic rings. The Kier molecular flexibility index (Phi) is 4.42. The minimum atomic E-state index is -0.146. The predicted octanol–water partition coefficient (Wildman–Crippen LogP) is 3.02. The second kappa shape index (κ2) is 6.25. The molecule has 0 aliphatic heterocycles. The third-order valence-electron chi connectivity index (χ3n) is 2.78. The Hall–Kier alpha value is -2.00. The van der Waals surface area contributed by atoms with Gasteiger partial charge in [0.25, 0.3) is 5.91 Å². The molecule has 0 saturated carbocycles. The summed E-state index contributed by atoms with van der Waals surface area (Å²) in [7, 11) is 0. The zero-order valence-electron chi connectivity index (χ0n) is 10.3. The third-order valence-corrected chi connectivity index (χ3v) is 3.03. The van der Waals surface area contributed by atoms with Crippen LogP contribution in [0.3, 0.4) is 0 Å². The minimum Gasteiger partial charge on any atom is -0.508 e. The van der Waals surface area contributed by atoms with Gasteiger partial charge in [0.2, 0.25) is 0 Å². The van der Waals surface area contributed by atoms with Crippen LogP contribution in [0.5, 0.6) is 5.75 Å². The molecule has 2 N–H and O–H groups in total. The lowest BCUT2D eigenvalue weighted by molar-refractivity contribution is 0.0954. The van der Waals surface area contributed by atoms with E-state index >= 15 is 0 Å². The van der Waals surface area contributed by atoms with E-state index in [4.69, 9.17) is 11.6 Å². The summed E-state index contributed by atoms with van der Waals surface area (Å²) in [6.45, 7) is 0.471. The van der Waals surface area contributed by atoms with Crippen molar-refractivity contribution < 1.29 is 9.90 Å². The van der Waals surface area contributed by atoms with Crippen molar-refractivity contribution >= 4 is 17.5 Å². The Morgan fingerprint density at radius 3 is 2.47 bits per heavy atom. The molecular formula is C15H14ClNO2. The van der Waals surface area contributed by atoms with Gasteiger partial charge in [-0.1, -0.05) is 29.8 Å². The molecule has 0 spiro atoms. The summed E-state index contributed by atoms with van der Waals surface area (Å²) in [5, 5.41) is 13.0. The monoisotopic (exact) mass is 275 g/mol. The molecule has 3 nitrogen and oxygen atoms in total. The Balaban J connectivity index is 1.88. The quantitative estimate of drug-likeness (QED) is 0.901. The summed E-state index contributed by atoms with van der Waals surface area (Å²) in [6.07, 6.45) is 0.589. The molecule has 0 bridgehead atoms. The molecule has 0 heterocycles. The fourth-order valence-electron chi connectivity index (χ4n) is 1.74. The highest BCUT2D eigenvalue weighted by Gasteiger charge is 2.05. The van der Waals surface area contributed by atoms with Gasteiger partial charge in [0.15, 0.2) is 0 Å². The van der Waals surface area contributed by atoms with Crippen molar-refractivity contribution in [1.82, 2.24) is 5.32 Å². The van der Waals surface area contributed by atoms with E-state index in [2.05, 4.69) is 5.32 Å². The number of nitrogens with one attached hydrogen (secondary N) is 1. The van der Waals surface area contributed by atoms with E-state index in [1.807, 2.05) is 12.1 Å². The van der Waals surface area contributed by atoms with Crippen LogP contribution >= 0.6 is 11.6 Å². The highest BCUT2D eigenvalue weighted by Crippen LogP contribution is 2.15. The summed E-state index contributed by atoms with van der Waals surface area (Å²) in [4.78, 5) is 11.8. The SMILES string of the molecule is O=C(NCCc1ccccc1O)c1ccc(Cl)cc1. The van der Waals surface area contributed by atoms with Crippen LogP contribution in [0, 0.1) is 0 Å². The van der Waals surface area contributed by atoms with E-state index in [0.717, 1.165) is 5.56 Å². The summed E-state index contributed by atoms with van der Waals surface area (Å²) in [5.74, 6) is 0.107. The van der Waals surface area contributed by atoms with Gasteiger partial charge in [-0.3, -0.25) is 4.79 Å². The normalized spacial score (nSPS) is 10.2. The second-order valence-corrected chi connectivity index (χ2v) is 4.58. The number of hydrogen-bond donors (Lipinski definition) is 2. The molecule has 1 amide bonds. The number of rotatable bonds is 4. The average molecular weight is 276 g/mol. The smallest absolute Gasteiger partial charge is 0.251 e. The molecule has 0 aromatic heterocycles. The fourth-order valence-corrected chi connectivity index (χ4v) is 1.86. The largest absolute Gasteiger partial charge is 0.508 e. The van der Waals surface area contributed by atoms with Gasteiger partial charge >= 0.3 is 0 Å². The number of benzene rings is 2. The van der Waals surface area contributed by atoms with E-state index in [0.29, 0.717) is 23.6 Å². The van der Waals surface area contributed by atoms with E-state index in [9.17, 15) is 9.90 Å². The lowest BCUT2D eigenvalue weighted by Crippen LogP contribution is -2.25. The van der Waals surface area contributed by atoms with Gasteiger partial charge in [-0.05, 0) is 42.3 Å². The first-order valence-electron chi connectivity index (χ1n) is 5.97. The molecule has 19 heavy (non-hydrogen) atoms. The zero-order chi connectivity index (χ0) is 13.7. The molecule has 0 atom stereocenters. The maximum absolute atomic E-state index is 11.8. The van der Waals surface area contributed by atoms with E-state index < -0.39 is 0 Å². The molecule has 0 aliphatic carbocycles. The summed E-state index contributed by atoms with van der Waals surface area (Å²) in [5.41, 5.74) is 1.39. The Labute approximate surface area is 116 Å². The summed E-state index contributed by atoms with van der Waals surface area (Å²) >= 11 is 5.76.